The molecule has 0 aromatic carbocycles. The Labute approximate surface area is 117 Å². The maximum Gasteiger partial charge on any atom is 0.0683 e. The van der Waals surface area contributed by atoms with E-state index < -0.39 is 0 Å². The first-order valence-corrected chi connectivity index (χ1v) is 7.19. The van der Waals surface area contributed by atoms with Crippen molar-refractivity contribution in [2.75, 3.05) is 13.1 Å². The first-order chi connectivity index (χ1) is 7.48. The summed E-state index contributed by atoms with van der Waals surface area (Å²) < 4.78 is 0. The Bertz CT molecular complexity index is 229. The Morgan fingerprint density at radius 1 is 1.06 bits per heavy atom. The second kappa shape index (κ2) is 6.31. The topological polar surface area (TPSA) is 52.0 Å². The van der Waals surface area contributed by atoms with Gasteiger partial charge >= 0.3 is 0 Å². The second-order valence-electron chi connectivity index (χ2n) is 4.47. The van der Waals surface area contributed by atoms with E-state index in [0.717, 1.165) is 12.8 Å². The van der Waals surface area contributed by atoms with Gasteiger partial charge in [-0.2, -0.15) is 0 Å². The Balaban J connectivity index is 2.82. The Morgan fingerprint density at radius 2 is 1.69 bits per heavy atom. The molecule has 5 unspecified atom stereocenters. The summed E-state index contributed by atoms with van der Waals surface area (Å²) in [4.78, 5) is 0. The normalized spacial score (nSPS) is 44.6. The molecule has 1 aliphatic rings. The maximum absolute atomic E-state index is 6.39. The van der Waals surface area contributed by atoms with E-state index >= 15 is 0 Å². The predicted octanol–water partition coefficient (Wildman–Crippen LogP) is 2.50. The summed E-state index contributed by atoms with van der Waals surface area (Å²) in [6.45, 7) is 1.09. The summed E-state index contributed by atoms with van der Waals surface area (Å²) >= 11 is 24.9. The molecule has 0 spiro atoms. The van der Waals surface area contributed by atoms with Crippen molar-refractivity contribution in [3.63, 3.8) is 0 Å². The molecule has 5 atom stereocenters. The fourth-order valence-electron chi connectivity index (χ4n) is 2.30. The van der Waals surface area contributed by atoms with Crippen LogP contribution >= 0.6 is 46.4 Å². The molecule has 1 fully saturated rings. The summed E-state index contributed by atoms with van der Waals surface area (Å²) in [6.07, 6.45) is 2.43. The Kier molecular flexibility index (Phi) is 5.97. The van der Waals surface area contributed by atoms with Crippen molar-refractivity contribution in [1.29, 1.82) is 0 Å². The third-order valence-electron chi connectivity index (χ3n) is 3.40. The first kappa shape index (κ1) is 15.1. The molecule has 0 bridgehead atoms. The van der Waals surface area contributed by atoms with Crippen molar-refractivity contribution in [1.82, 2.24) is 0 Å². The minimum atomic E-state index is -0.346. The standard InChI is InChI=1S/C10H18Cl4N2/c11-6-4-10(5-16,2-1-3-15)9(14)8(13)7(6)12/h6-9H,1-5,15-16H2. The van der Waals surface area contributed by atoms with Crippen LogP contribution in [0.5, 0.6) is 0 Å². The van der Waals surface area contributed by atoms with Gasteiger partial charge in [0.05, 0.1) is 21.5 Å². The zero-order valence-corrected chi connectivity index (χ0v) is 12.0. The van der Waals surface area contributed by atoms with Crippen LogP contribution in [0.25, 0.3) is 0 Å². The van der Waals surface area contributed by atoms with Crippen LogP contribution in [0.2, 0.25) is 0 Å². The monoisotopic (exact) mass is 306 g/mol. The maximum atomic E-state index is 6.39. The van der Waals surface area contributed by atoms with Crippen molar-refractivity contribution >= 4 is 46.4 Å². The minimum absolute atomic E-state index is 0.180. The molecule has 0 heterocycles. The van der Waals surface area contributed by atoms with Gasteiger partial charge < -0.3 is 11.5 Å². The first-order valence-electron chi connectivity index (χ1n) is 5.45. The average molecular weight is 308 g/mol. The highest BCUT2D eigenvalue weighted by molar-refractivity contribution is 6.38. The predicted molar refractivity (Wildman–Crippen MR) is 73.0 cm³/mol. The van der Waals surface area contributed by atoms with Crippen molar-refractivity contribution in [3.8, 4) is 0 Å². The summed E-state index contributed by atoms with van der Waals surface area (Å²) in [6, 6.07) is 0. The van der Waals surface area contributed by atoms with Crippen molar-refractivity contribution in [3.05, 3.63) is 0 Å². The number of halogens is 4. The number of rotatable bonds is 4. The van der Waals surface area contributed by atoms with E-state index in [-0.39, 0.29) is 26.9 Å². The fourth-order valence-corrected chi connectivity index (χ4v) is 4.04. The largest absolute Gasteiger partial charge is 0.330 e. The van der Waals surface area contributed by atoms with Gasteiger partial charge in [0.1, 0.15) is 0 Å². The molecular weight excluding hydrogens is 290 g/mol. The summed E-state index contributed by atoms with van der Waals surface area (Å²) in [7, 11) is 0. The van der Waals surface area contributed by atoms with Gasteiger partial charge in [0.25, 0.3) is 0 Å². The summed E-state index contributed by atoms with van der Waals surface area (Å²) in [5.74, 6) is 0. The van der Waals surface area contributed by atoms with Crippen LogP contribution in [0, 0.1) is 5.41 Å². The highest BCUT2D eigenvalue weighted by Crippen LogP contribution is 2.47. The SMILES string of the molecule is NCCCC1(CN)CC(Cl)C(Cl)C(Cl)C1Cl. The molecule has 1 aliphatic carbocycles. The number of hydrogen-bond donors (Lipinski definition) is 2. The van der Waals surface area contributed by atoms with E-state index in [1.165, 1.54) is 0 Å². The Hall–Kier alpha value is 1.08. The third-order valence-corrected chi connectivity index (χ3v) is 6.05. The molecule has 1 rings (SSSR count). The lowest BCUT2D eigenvalue weighted by atomic mass is 9.70. The van der Waals surface area contributed by atoms with Crippen LogP contribution in [-0.4, -0.2) is 34.6 Å². The van der Waals surface area contributed by atoms with Crippen LogP contribution in [-0.2, 0) is 0 Å². The minimum Gasteiger partial charge on any atom is -0.330 e. The van der Waals surface area contributed by atoms with Crippen LogP contribution in [0.1, 0.15) is 19.3 Å². The third kappa shape index (κ3) is 2.90. The van der Waals surface area contributed by atoms with Gasteiger partial charge in [0, 0.05) is 5.41 Å². The molecule has 0 radical (unpaired) electrons. The van der Waals surface area contributed by atoms with Gasteiger partial charge in [0.2, 0.25) is 0 Å². The molecular formula is C10H18Cl4N2. The molecule has 96 valence electrons. The highest BCUT2D eigenvalue weighted by atomic mass is 35.5. The molecule has 0 aromatic rings. The molecule has 2 nitrogen and oxygen atoms in total. The van der Waals surface area contributed by atoms with Crippen molar-refractivity contribution in [2.24, 2.45) is 16.9 Å². The number of nitrogens with two attached hydrogens (primary N) is 2. The van der Waals surface area contributed by atoms with Gasteiger partial charge in [-0.25, -0.2) is 0 Å². The van der Waals surface area contributed by atoms with E-state index in [4.69, 9.17) is 57.9 Å². The summed E-state index contributed by atoms with van der Waals surface area (Å²) in [5.41, 5.74) is 11.1. The van der Waals surface area contributed by atoms with Crippen LogP contribution < -0.4 is 11.5 Å². The van der Waals surface area contributed by atoms with Crippen LogP contribution in [0.4, 0.5) is 0 Å². The lowest BCUT2D eigenvalue weighted by molar-refractivity contribution is 0.193. The smallest absolute Gasteiger partial charge is 0.0683 e. The fraction of sp³-hybridized carbons (Fsp3) is 1.00. The number of alkyl halides is 4. The van der Waals surface area contributed by atoms with Crippen molar-refractivity contribution in [2.45, 2.75) is 40.8 Å². The molecule has 0 saturated heterocycles. The molecule has 16 heavy (non-hydrogen) atoms. The zero-order chi connectivity index (χ0) is 12.3. The molecule has 0 aromatic heterocycles. The van der Waals surface area contributed by atoms with E-state index in [1.54, 1.807) is 0 Å². The van der Waals surface area contributed by atoms with Gasteiger partial charge in [0.15, 0.2) is 0 Å². The lowest BCUT2D eigenvalue weighted by Gasteiger charge is -2.47. The van der Waals surface area contributed by atoms with Gasteiger partial charge in [-0.05, 0) is 32.4 Å². The van der Waals surface area contributed by atoms with E-state index in [9.17, 15) is 0 Å². The van der Waals surface area contributed by atoms with Gasteiger partial charge in [-0.15, -0.1) is 46.4 Å². The van der Waals surface area contributed by atoms with Crippen molar-refractivity contribution < 1.29 is 0 Å². The van der Waals surface area contributed by atoms with E-state index in [2.05, 4.69) is 0 Å². The molecule has 1 saturated carbocycles. The Morgan fingerprint density at radius 3 is 2.19 bits per heavy atom. The lowest BCUT2D eigenvalue weighted by Crippen LogP contribution is -2.54. The number of hydrogen-bond acceptors (Lipinski definition) is 2. The molecule has 0 aliphatic heterocycles. The second-order valence-corrected chi connectivity index (χ2v) is 6.51. The summed E-state index contributed by atoms with van der Waals surface area (Å²) in [5, 5.41) is -1.08. The van der Waals surface area contributed by atoms with Gasteiger partial charge in [-0.1, -0.05) is 0 Å². The van der Waals surface area contributed by atoms with Crippen LogP contribution in [0.3, 0.4) is 0 Å². The quantitative estimate of drug-likeness (QED) is 0.784. The van der Waals surface area contributed by atoms with E-state index in [0.29, 0.717) is 19.5 Å². The molecule has 6 heteroatoms. The molecule has 0 amide bonds. The zero-order valence-electron chi connectivity index (χ0n) is 9.01. The average Bonchev–Trinajstić information content (AvgIpc) is 2.30. The highest BCUT2D eigenvalue weighted by Gasteiger charge is 2.50. The van der Waals surface area contributed by atoms with Crippen LogP contribution in [0.15, 0.2) is 0 Å². The molecule has 4 N–H and O–H groups in total. The van der Waals surface area contributed by atoms with Gasteiger partial charge in [-0.3, -0.25) is 0 Å². The van der Waals surface area contributed by atoms with E-state index in [1.807, 2.05) is 0 Å².